The first-order valence-corrected chi connectivity index (χ1v) is 11.5. The van der Waals surface area contributed by atoms with Gasteiger partial charge in [0.15, 0.2) is 0 Å². The molecule has 10 nitrogen and oxygen atoms in total. The van der Waals surface area contributed by atoms with E-state index in [2.05, 4.69) is 0 Å². The van der Waals surface area contributed by atoms with Gasteiger partial charge in [-0.3, -0.25) is 0 Å². The summed E-state index contributed by atoms with van der Waals surface area (Å²) in [7, 11) is -8.25. The van der Waals surface area contributed by atoms with Crippen molar-refractivity contribution in [3.8, 4) is 0 Å². The van der Waals surface area contributed by atoms with Crippen molar-refractivity contribution in [1.82, 2.24) is 0 Å². The fourth-order valence-corrected chi connectivity index (χ4v) is 8.75. The van der Waals surface area contributed by atoms with E-state index in [-0.39, 0.29) is 72.3 Å². The van der Waals surface area contributed by atoms with Crippen molar-refractivity contribution in [1.29, 1.82) is 0 Å². The molecule has 14 heteroatoms. The van der Waals surface area contributed by atoms with Crippen LogP contribution < -0.4 is 59.1 Å². The van der Waals surface area contributed by atoms with E-state index >= 15 is 0 Å². The van der Waals surface area contributed by atoms with E-state index in [4.69, 9.17) is 44.3 Å². The third kappa shape index (κ3) is 3.92. The Morgan fingerprint density at radius 2 is 0.667 bits per heavy atom. The molecule has 4 saturated heterocycles. The van der Waals surface area contributed by atoms with E-state index in [1.807, 2.05) is 0 Å². The number of rotatable bonds is 5. The van der Waals surface area contributed by atoms with Crippen LogP contribution >= 0.6 is 0 Å². The normalized spacial score (nSPS) is 34.7. The molecule has 0 amide bonds. The van der Waals surface area contributed by atoms with Crippen molar-refractivity contribution in [2.45, 2.75) is 0 Å². The van der Waals surface area contributed by atoms with Crippen LogP contribution in [0.5, 0.6) is 0 Å². The molecular formula is C10H20Na2O10Si2. The molecule has 0 saturated carbocycles. The molecular weight excluding hydrogens is 382 g/mol. The monoisotopic (exact) mass is 402 g/mol. The molecule has 130 valence electrons. The Morgan fingerprint density at radius 3 is 0.875 bits per heavy atom. The van der Waals surface area contributed by atoms with E-state index in [1.165, 1.54) is 0 Å². The first kappa shape index (κ1) is 22.3. The molecule has 4 heterocycles. The molecule has 2 spiro atoms. The van der Waals surface area contributed by atoms with Gasteiger partial charge < -0.3 is 0 Å². The van der Waals surface area contributed by atoms with Gasteiger partial charge in [-0.05, 0) is 0 Å². The smallest absolute Gasteiger partial charge is 1.00 e. The second-order valence-electron chi connectivity index (χ2n) is 5.15. The largest absolute Gasteiger partial charge is 1.00 e. The maximum atomic E-state index is 5.74. The zero-order valence-corrected chi connectivity index (χ0v) is 20.2. The van der Waals surface area contributed by atoms with E-state index in [0.29, 0.717) is 52.9 Å². The molecule has 4 aliphatic rings. The molecule has 0 atom stereocenters. The molecule has 0 aromatic carbocycles. The molecule has 0 aromatic rings. The predicted molar refractivity (Wildman–Crippen MR) is 71.0 cm³/mol. The Morgan fingerprint density at radius 1 is 0.458 bits per heavy atom. The Bertz CT molecular complexity index is 346. The first-order chi connectivity index (χ1) is 10.7. The molecule has 0 radical (unpaired) electrons. The third-order valence-electron chi connectivity index (χ3n) is 3.79. The van der Waals surface area contributed by atoms with Gasteiger partial charge in [0.25, 0.3) is 0 Å². The van der Waals surface area contributed by atoms with Crippen molar-refractivity contribution in [2.75, 3.05) is 66.1 Å². The molecule has 0 aromatic heterocycles. The summed E-state index contributed by atoms with van der Waals surface area (Å²) in [5.74, 6) is 0. The van der Waals surface area contributed by atoms with Crippen molar-refractivity contribution < 1.29 is 103 Å². The van der Waals surface area contributed by atoms with Gasteiger partial charge in [-0.1, -0.05) is 0 Å². The van der Waals surface area contributed by atoms with Crippen LogP contribution in [-0.2, 0) is 44.3 Å². The Kier molecular flexibility index (Phi) is 7.61. The van der Waals surface area contributed by atoms with Crippen LogP contribution in [0.4, 0.5) is 0 Å². The van der Waals surface area contributed by atoms with Crippen LogP contribution in [0.1, 0.15) is 0 Å². The van der Waals surface area contributed by atoms with Crippen LogP contribution in [0, 0.1) is 0 Å². The van der Waals surface area contributed by atoms with E-state index in [9.17, 15) is 0 Å². The van der Waals surface area contributed by atoms with Crippen LogP contribution in [0.15, 0.2) is 0 Å². The van der Waals surface area contributed by atoms with Crippen molar-refractivity contribution in [3.05, 3.63) is 0 Å². The summed E-state index contributed by atoms with van der Waals surface area (Å²) >= 11 is 0. The third-order valence-corrected chi connectivity index (χ3v) is 10.5. The van der Waals surface area contributed by atoms with Crippen LogP contribution in [0.2, 0.25) is 0 Å². The van der Waals surface area contributed by atoms with Gasteiger partial charge >= 0.3 is 187 Å². The van der Waals surface area contributed by atoms with E-state index < -0.39 is 17.1 Å². The Labute approximate surface area is 185 Å². The second kappa shape index (κ2) is 8.18. The predicted octanol–water partition coefficient (Wildman–Crippen LogP) is -7.01. The molecule has 0 N–H and O–H groups in total. The molecule has 0 bridgehead atoms. The average Bonchev–Trinajstić information content (AvgIpc) is 3.30. The minimum atomic E-state index is -4.13. The zero-order chi connectivity index (χ0) is 15.0. The van der Waals surface area contributed by atoms with Gasteiger partial charge in [-0.2, -0.15) is 0 Å². The Hall–Kier alpha value is 2.03. The van der Waals surface area contributed by atoms with Gasteiger partial charge in [0, 0.05) is 0 Å². The first-order valence-electron chi connectivity index (χ1n) is 7.43. The minimum absolute atomic E-state index is 0. The standard InChI is InChI=1S/C10H20O10Si2.2Na/c1-2-12-21(11-1,13-3-4-14-21)19-9-10-20-22(15-5-6-16-22)17-7-8-18-22;;/h1-10H2;;/q-2;2*+1. The number of hydrogen-bond donors (Lipinski definition) is 0. The van der Waals surface area contributed by atoms with Crippen molar-refractivity contribution in [3.63, 3.8) is 0 Å². The fraction of sp³-hybridized carbons (Fsp3) is 1.00. The van der Waals surface area contributed by atoms with Gasteiger partial charge in [-0.25, -0.2) is 0 Å². The summed E-state index contributed by atoms with van der Waals surface area (Å²) in [6.45, 7) is 3.31. The van der Waals surface area contributed by atoms with Gasteiger partial charge in [0.2, 0.25) is 0 Å². The molecule has 24 heavy (non-hydrogen) atoms. The number of hydrogen-bond acceptors (Lipinski definition) is 10. The SMILES string of the molecule is C(CO[Si-]12(OCCO1)OCCO2)O[Si-]12(OCCO1)OCCO2.[Na+].[Na+]. The molecule has 4 fully saturated rings. The topological polar surface area (TPSA) is 92.3 Å². The summed E-state index contributed by atoms with van der Waals surface area (Å²) < 4.78 is 56.1. The summed E-state index contributed by atoms with van der Waals surface area (Å²) in [5.41, 5.74) is 0. The van der Waals surface area contributed by atoms with E-state index in [0.717, 1.165) is 0 Å². The summed E-state index contributed by atoms with van der Waals surface area (Å²) in [6.07, 6.45) is 0. The van der Waals surface area contributed by atoms with Crippen molar-refractivity contribution >= 4 is 17.1 Å². The molecule has 0 unspecified atom stereocenters. The summed E-state index contributed by atoms with van der Waals surface area (Å²) in [4.78, 5) is 0. The Balaban J connectivity index is 0.00000104. The maximum absolute atomic E-state index is 5.74. The molecule has 0 aliphatic carbocycles. The average molecular weight is 402 g/mol. The zero-order valence-electron chi connectivity index (χ0n) is 14.2. The summed E-state index contributed by atoms with van der Waals surface area (Å²) in [5, 5.41) is 0. The quantitative estimate of drug-likeness (QED) is 0.326. The molecule has 4 aliphatic heterocycles. The van der Waals surface area contributed by atoms with Crippen molar-refractivity contribution in [2.24, 2.45) is 0 Å². The van der Waals surface area contributed by atoms with Crippen LogP contribution in [0.3, 0.4) is 0 Å². The maximum Gasteiger partial charge on any atom is 1.00 e. The summed E-state index contributed by atoms with van der Waals surface area (Å²) in [6, 6.07) is 0. The second-order valence-corrected chi connectivity index (χ2v) is 11.4. The van der Waals surface area contributed by atoms with E-state index in [1.54, 1.807) is 0 Å². The molecule has 4 rings (SSSR count). The van der Waals surface area contributed by atoms with Crippen LogP contribution in [0.25, 0.3) is 0 Å². The van der Waals surface area contributed by atoms with Gasteiger partial charge in [-0.15, -0.1) is 0 Å². The van der Waals surface area contributed by atoms with Crippen LogP contribution in [-0.4, -0.2) is 83.2 Å². The van der Waals surface area contributed by atoms with Gasteiger partial charge in [0.1, 0.15) is 0 Å². The minimum Gasteiger partial charge on any atom is 1.00 e. The fourth-order valence-electron chi connectivity index (χ4n) is 2.92. The van der Waals surface area contributed by atoms with Gasteiger partial charge in [0.05, 0.1) is 0 Å².